The van der Waals surface area contributed by atoms with E-state index in [1.54, 1.807) is 0 Å². The number of hydrogen-bond donors (Lipinski definition) is 0. The summed E-state index contributed by atoms with van der Waals surface area (Å²) in [5.74, 6) is 0. The van der Waals surface area contributed by atoms with E-state index in [4.69, 9.17) is 0 Å². The van der Waals surface area contributed by atoms with E-state index in [2.05, 4.69) is 53.5 Å². The van der Waals surface area contributed by atoms with Gasteiger partial charge in [-0.3, -0.25) is 4.99 Å². The van der Waals surface area contributed by atoms with Gasteiger partial charge in [0, 0.05) is 0 Å². The van der Waals surface area contributed by atoms with Crippen molar-refractivity contribution >= 4 is 11.8 Å². The summed E-state index contributed by atoms with van der Waals surface area (Å²) in [6, 6.07) is 21.0. The lowest BCUT2D eigenvalue weighted by atomic mass is 10.1. The summed E-state index contributed by atoms with van der Waals surface area (Å²) in [5, 5.41) is 0. The van der Waals surface area contributed by atoms with Gasteiger partial charge in [-0.15, -0.1) is 0 Å². The first kappa shape index (κ1) is 10.0. The van der Waals surface area contributed by atoms with E-state index in [-0.39, 0.29) is 6.04 Å². The van der Waals surface area contributed by atoms with Gasteiger partial charge in [-0.1, -0.05) is 66.7 Å². The molecule has 0 bridgehead atoms. The first-order chi connectivity index (χ1) is 8.43. The maximum atomic E-state index is 4.47. The number of hydrogen-bond acceptors (Lipinski definition) is 1. The maximum Gasteiger partial charge on any atom is 0.117 e. The lowest BCUT2D eigenvalue weighted by molar-refractivity contribution is 1.13. The molecule has 2 aromatic rings. The number of rotatable bonds is 3. The first-order valence-electron chi connectivity index (χ1n) is 5.79. The van der Waals surface area contributed by atoms with E-state index in [0.29, 0.717) is 0 Å². The van der Waals surface area contributed by atoms with Crippen LogP contribution in [0.5, 0.6) is 0 Å². The predicted molar refractivity (Wildman–Crippen MR) is 72.1 cm³/mol. The molecule has 0 N–H and O–H groups in total. The zero-order valence-electron chi connectivity index (χ0n) is 9.45. The Hall–Kier alpha value is -2.15. The molecule has 0 radical (unpaired) electrons. The Kier molecular flexibility index (Phi) is 2.59. The standard InChI is InChI=1S/C16H13N/c1-3-7-13(8-4-1)11-12-15-16(17-15)14-9-5-2-6-10-14/h1-12,16H/b12-11+. The zero-order valence-corrected chi connectivity index (χ0v) is 9.45. The van der Waals surface area contributed by atoms with Gasteiger partial charge in [0.1, 0.15) is 6.04 Å². The molecule has 3 rings (SSSR count). The third-order valence-corrected chi connectivity index (χ3v) is 2.85. The molecule has 0 fully saturated rings. The SMILES string of the molecule is C(=C\c1ccccc1)/C1=NC1c1ccccc1. The second-order valence-corrected chi connectivity index (χ2v) is 4.11. The summed E-state index contributed by atoms with van der Waals surface area (Å²) >= 11 is 0. The van der Waals surface area contributed by atoms with Crippen LogP contribution in [0.4, 0.5) is 0 Å². The highest BCUT2D eigenvalue weighted by atomic mass is 15.0. The van der Waals surface area contributed by atoms with Gasteiger partial charge in [0.2, 0.25) is 0 Å². The van der Waals surface area contributed by atoms with Gasteiger partial charge in [-0.05, 0) is 17.2 Å². The van der Waals surface area contributed by atoms with Crippen LogP contribution in [0.1, 0.15) is 17.2 Å². The average molecular weight is 219 g/mol. The van der Waals surface area contributed by atoms with Crippen LogP contribution < -0.4 is 0 Å². The minimum absolute atomic E-state index is 0.288. The molecule has 1 unspecified atom stereocenters. The van der Waals surface area contributed by atoms with Crippen molar-refractivity contribution in [1.82, 2.24) is 0 Å². The fourth-order valence-electron chi connectivity index (χ4n) is 1.87. The van der Waals surface area contributed by atoms with E-state index in [9.17, 15) is 0 Å². The lowest BCUT2D eigenvalue weighted by Crippen LogP contribution is -1.86. The topological polar surface area (TPSA) is 12.4 Å². The highest BCUT2D eigenvalue weighted by Gasteiger charge is 2.26. The largest absolute Gasteiger partial charge is 0.273 e. The summed E-state index contributed by atoms with van der Waals surface area (Å²) < 4.78 is 0. The van der Waals surface area contributed by atoms with Crippen molar-refractivity contribution in [3.05, 3.63) is 77.9 Å². The van der Waals surface area contributed by atoms with Gasteiger partial charge >= 0.3 is 0 Å². The Bertz CT molecular complexity index is 553. The summed E-state index contributed by atoms with van der Waals surface area (Å²) in [4.78, 5) is 4.47. The van der Waals surface area contributed by atoms with Crippen LogP contribution in [0.15, 0.2) is 71.7 Å². The molecular weight excluding hydrogens is 206 g/mol. The summed E-state index contributed by atoms with van der Waals surface area (Å²) in [5.41, 5.74) is 3.66. The Morgan fingerprint density at radius 1 is 0.765 bits per heavy atom. The Labute approximate surface area is 101 Å². The molecule has 0 aliphatic carbocycles. The van der Waals surface area contributed by atoms with Crippen molar-refractivity contribution in [3.63, 3.8) is 0 Å². The summed E-state index contributed by atoms with van der Waals surface area (Å²) in [6.07, 6.45) is 4.22. The van der Waals surface area contributed by atoms with Gasteiger partial charge in [0.25, 0.3) is 0 Å². The highest BCUT2D eigenvalue weighted by Crippen LogP contribution is 2.31. The Morgan fingerprint density at radius 2 is 1.41 bits per heavy atom. The molecule has 82 valence electrons. The van der Waals surface area contributed by atoms with Crippen molar-refractivity contribution in [1.29, 1.82) is 0 Å². The monoisotopic (exact) mass is 219 g/mol. The van der Waals surface area contributed by atoms with Crippen LogP contribution in [0.3, 0.4) is 0 Å². The molecule has 1 aliphatic rings. The minimum Gasteiger partial charge on any atom is -0.273 e. The van der Waals surface area contributed by atoms with Crippen molar-refractivity contribution in [2.24, 2.45) is 4.99 Å². The minimum atomic E-state index is 0.288. The van der Waals surface area contributed by atoms with Gasteiger partial charge in [-0.25, -0.2) is 0 Å². The molecule has 1 heterocycles. The highest BCUT2D eigenvalue weighted by molar-refractivity contribution is 6.11. The normalized spacial score (nSPS) is 18.1. The fourth-order valence-corrected chi connectivity index (χ4v) is 1.87. The second-order valence-electron chi connectivity index (χ2n) is 4.11. The molecule has 1 aliphatic heterocycles. The molecule has 0 amide bonds. The van der Waals surface area contributed by atoms with Crippen LogP contribution in [-0.2, 0) is 0 Å². The smallest absolute Gasteiger partial charge is 0.117 e. The Balaban J connectivity index is 1.67. The summed E-state index contributed by atoms with van der Waals surface area (Å²) in [7, 11) is 0. The van der Waals surface area contributed by atoms with E-state index in [1.807, 2.05) is 24.3 Å². The zero-order chi connectivity index (χ0) is 11.5. The van der Waals surface area contributed by atoms with Crippen molar-refractivity contribution in [3.8, 4) is 0 Å². The number of nitrogens with zero attached hydrogens (tertiary/aromatic N) is 1. The third-order valence-electron chi connectivity index (χ3n) is 2.85. The molecule has 2 aromatic carbocycles. The number of benzene rings is 2. The average Bonchev–Trinajstić information content (AvgIpc) is 3.18. The molecule has 0 saturated carbocycles. The van der Waals surface area contributed by atoms with Gasteiger partial charge in [-0.2, -0.15) is 0 Å². The van der Waals surface area contributed by atoms with E-state index < -0.39 is 0 Å². The van der Waals surface area contributed by atoms with Crippen LogP contribution in [0, 0.1) is 0 Å². The van der Waals surface area contributed by atoms with E-state index in [1.165, 1.54) is 16.8 Å². The third kappa shape index (κ3) is 2.34. The lowest BCUT2D eigenvalue weighted by Gasteiger charge is -1.94. The number of aliphatic imine (C=N–C) groups is 1. The van der Waals surface area contributed by atoms with Gasteiger partial charge in [0.05, 0.1) is 5.71 Å². The second kappa shape index (κ2) is 4.38. The molecule has 17 heavy (non-hydrogen) atoms. The van der Waals surface area contributed by atoms with Crippen LogP contribution in [-0.4, -0.2) is 5.71 Å². The van der Waals surface area contributed by atoms with Crippen LogP contribution in [0.25, 0.3) is 6.08 Å². The van der Waals surface area contributed by atoms with Gasteiger partial charge in [0.15, 0.2) is 0 Å². The molecule has 1 heteroatoms. The quantitative estimate of drug-likeness (QED) is 0.742. The molecule has 0 aromatic heterocycles. The van der Waals surface area contributed by atoms with Crippen molar-refractivity contribution in [2.75, 3.05) is 0 Å². The van der Waals surface area contributed by atoms with E-state index >= 15 is 0 Å². The summed E-state index contributed by atoms with van der Waals surface area (Å²) in [6.45, 7) is 0. The fraction of sp³-hybridized carbons (Fsp3) is 0.0625. The molecule has 0 saturated heterocycles. The molecule has 0 spiro atoms. The van der Waals surface area contributed by atoms with E-state index in [0.717, 1.165) is 0 Å². The van der Waals surface area contributed by atoms with Crippen molar-refractivity contribution < 1.29 is 0 Å². The van der Waals surface area contributed by atoms with Gasteiger partial charge < -0.3 is 0 Å². The predicted octanol–water partition coefficient (Wildman–Crippen LogP) is 3.90. The molecular formula is C16H13N. The molecule has 1 nitrogen and oxygen atoms in total. The Morgan fingerprint density at radius 3 is 2.12 bits per heavy atom. The van der Waals surface area contributed by atoms with Crippen LogP contribution >= 0.6 is 0 Å². The van der Waals surface area contributed by atoms with Crippen LogP contribution in [0.2, 0.25) is 0 Å². The first-order valence-corrected chi connectivity index (χ1v) is 5.79. The maximum absolute atomic E-state index is 4.47. The molecule has 1 atom stereocenters. The van der Waals surface area contributed by atoms with Crippen molar-refractivity contribution in [2.45, 2.75) is 6.04 Å².